The number of aromatic nitrogens is 1. The number of halogens is 2. The van der Waals surface area contributed by atoms with E-state index in [0.717, 1.165) is 25.7 Å². The maximum absolute atomic E-state index is 14.1. The summed E-state index contributed by atoms with van der Waals surface area (Å²) >= 11 is 0. The lowest BCUT2D eigenvalue weighted by Gasteiger charge is -2.39. The van der Waals surface area contributed by atoms with Crippen molar-refractivity contribution in [1.29, 1.82) is 0 Å². The van der Waals surface area contributed by atoms with Gasteiger partial charge in [-0.3, -0.25) is 9.78 Å². The Morgan fingerprint density at radius 1 is 1.19 bits per heavy atom. The standard InChI is InChI=1S/C20H28F2N2O2/c21-20(22)10-9-17(14-5-3-1-2-4-6-14)18(11-20)19(26)24-15-7-8-16(13-25)23-12-15/h7-8,12,14,17-18,25H,1-6,9-11,13H2,(H,24,26). The molecule has 0 saturated heterocycles. The molecule has 1 aromatic heterocycles. The predicted molar refractivity (Wildman–Crippen MR) is 95.8 cm³/mol. The number of rotatable bonds is 4. The second-order valence-corrected chi connectivity index (χ2v) is 7.81. The van der Waals surface area contributed by atoms with E-state index in [1.165, 1.54) is 19.0 Å². The number of carbonyl (C=O) groups excluding carboxylic acids is 1. The SMILES string of the molecule is O=C(Nc1ccc(CO)nc1)C1CC(F)(F)CCC1C1CCCCCC1. The van der Waals surface area contributed by atoms with Crippen LogP contribution in [0.4, 0.5) is 14.5 Å². The van der Waals surface area contributed by atoms with Crippen molar-refractivity contribution in [3.63, 3.8) is 0 Å². The molecule has 2 saturated carbocycles. The fraction of sp³-hybridized carbons (Fsp3) is 0.700. The topological polar surface area (TPSA) is 62.2 Å². The molecule has 0 radical (unpaired) electrons. The van der Waals surface area contributed by atoms with Gasteiger partial charge in [-0.1, -0.05) is 38.5 Å². The van der Waals surface area contributed by atoms with Gasteiger partial charge in [0.25, 0.3) is 0 Å². The molecule has 2 aliphatic carbocycles. The lowest BCUT2D eigenvalue weighted by Crippen LogP contribution is -2.42. The van der Waals surface area contributed by atoms with E-state index in [0.29, 0.717) is 23.7 Å². The number of nitrogens with one attached hydrogen (secondary N) is 1. The molecule has 0 spiro atoms. The van der Waals surface area contributed by atoms with Gasteiger partial charge in [-0.2, -0.15) is 0 Å². The van der Waals surface area contributed by atoms with Crippen LogP contribution in [0.5, 0.6) is 0 Å². The fourth-order valence-corrected chi connectivity index (χ4v) is 4.57. The molecule has 0 bridgehead atoms. The van der Waals surface area contributed by atoms with Crippen molar-refractivity contribution in [3.8, 4) is 0 Å². The van der Waals surface area contributed by atoms with Gasteiger partial charge in [0.2, 0.25) is 11.8 Å². The number of hydrogen-bond acceptors (Lipinski definition) is 3. The minimum atomic E-state index is -2.76. The Morgan fingerprint density at radius 3 is 2.54 bits per heavy atom. The van der Waals surface area contributed by atoms with Crippen LogP contribution in [0.3, 0.4) is 0 Å². The highest BCUT2D eigenvalue weighted by Gasteiger charge is 2.46. The molecule has 4 nitrogen and oxygen atoms in total. The van der Waals surface area contributed by atoms with E-state index in [2.05, 4.69) is 10.3 Å². The lowest BCUT2D eigenvalue weighted by molar-refractivity contribution is -0.134. The number of aliphatic hydroxyl groups excluding tert-OH is 1. The van der Waals surface area contributed by atoms with Gasteiger partial charge < -0.3 is 10.4 Å². The number of nitrogens with zero attached hydrogens (tertiary/aromatic N) is 1. The van der Waals surface area contributed by atoms with Crippen LogP contribution >= 0.6 is 0 Å². The Kier molecular flexibility index (Phi) is 6.22. The maximum Gasteiger partial charge on any atom is 0.248 e. The number of hydrogen-bond donors (Lipinski definition) is 2. The van der Waals surface area contributed by atoms with Gasteiger partial charge in [-0.15, -0.1) is 0 Å². The first-order valence-electron chi connectivity index (χ1n) is 9.73. The summed E-state index contributed by atoms with van der Waals surface area (Å²) in [6.45, 7) is -0.174. The first kappa shape index (κ1) is 19.2. The number of alkyl halides is 2. The van der Waals surface area contributed by atoms with Crippen LogP contribution in [0.15, 0.2) is 18.3 Å². The molecule has 6 heteroatoms. The van der Waals surface area contributed by atoms with E-state index in [1.807, 2.05) is 0 Å². The van der Waals surface area contributed by atoms with Gasteiger partial charge in [0.1, 0.15) is 0 Å². The summed E-state index contributed by atoms with van der Waals surface area (Å²) in [5.41, 5.74) is 0.990. The van der Waals surface area contributed by atoms with E-state index >= 15 is 0 Å². The molecular formula is C20H28F2N2O2. The number of amides is 1. The van der Waals surface area contributed by atoms with Crippen molar-refractivity contribution < 1.29 is 18.7 Å². The minimum absolute atomic E-state index is 0.0393. The number of anilines is 1. The molecule has 1 amide bonds. The second-order valence-electron chi connectivity index (χ2n) is 7.81. The molecule has 26 heavy (non-hydrogen) atoms. The molecule has 2 fully saturated rings. The van der Waals surface area contributed by atoms with Crippen molar-refractivity contribution in [2.45, 2.75) is 70.3 Å². The van der Waals surface area contributed by atoms with E-state index < -0.39 is 11.8 Å². The summed E-state index contributed by atoms with van der Waals surface area (Å²) < 4.78 is 28.1. The Hall–Kier alpha value is -1.56. The van der Waals surface area contributed by atoms with Gasteiger partial charge in [0.15, 0.2) is 0 Å². The zero-order valence-electron chi connectivity index (χ0n) is 15.1. The largest absolute Gasteiger partial charge is 0.390 e. The summed E-state index contributed by atoms with van der Waals surface area (Å²) in [4.78, 5) is 16.9. The molecule has 0 aliphatic heterocycles. The van der Waals surface area contributed by atoms with Gasteiger partial charge in [0.05, 0.1) is 24.2 Å². The summed E-state index contributed by atoms with van der Waals surface area (Å²) in [6, 6.07) is 3.27. The average molecular weight is 366 g/mol. The quantitative estimate of drug-likeness (QED) is 0.770. The summed E-state index contributed by atoms with van der Waals surface area (Å²) in [6.07, 6.45) is 8.21. The third-order valence-electron chi connectivity index (χ3n) is 5.98. The molecule has 0 aromatic carbocycles. The Balaban J connectivity index is 1.73. The Bertz CT molecular complexity index is 598. The van der Waals surface area contributed by atoms with Crippen LogP contribution in [0, 0.1) is 17.8 Å². The average Bonchev–Trinajstić information content (AvgIpc) is 2.91. The predicted octanol–water partition coefficient (Wildman–Crippen LogP) is 4.53. The van der Waals surface area contributed by atoms with Crippen molar-refractivity contribution in [2.24, 2.45) is 17.8 Å². The molecular weight excluding hydrogens is 338 g/mol. The van der Waals surface area contributed by atoms with E-state index in [9.17, 15) is 13.6 Å². The van der Waals surface area contributed by atoms with Crippen molar-refractivity contribution in [2.75, 3.05) is 5.32 Å². The van der Waals surface area contributed by atoms with Crippen LogP contribution < -0.4 is 5.32 Å². The van der Waals surface area contributed by atoms with Gasteiger partial charge >= 0.3 is 0 Å². The third kappa shape index (κ3) is 4.78. The number of aliphatic hydroxyl groups is 1. The molecule has 1 aromatic rings. The van der Waals surface area contributed by atoms with Gasteiger partial charge in [-0.25, -0.2) is 8.78 Å². The Morgan fingerprint density at radius 2 is 1.92 bits per heavy atom. The summed E-state index contributed by atoms with van der Waals surface area (Å²) in [5.74, 6) is -3.32. The number of carbonyl (C=O) groups is 1. The molecule has 2 aliphatic rings. The van der Waals surface area contributed by atoms with Crippen molar-refractivity contribution >= 4 is 11.6 Å². The first-order chi connectivity index (χ1) is 12.5. The molecule has 2 unspecified atom stereocenters. The zero-order chi connectivity index (χ0) is 18.6. The van der Waals surface area contributed by atoms with Crippen LogP contribution in [0.25, 0.3) is 0 Å². The highest BCUT2D eigenvalue weighted by molar-refractivity contribution is 5.92. The highest BCUT2D eigenvalue weighted by atomic mass is 19.3. The molecule has 3 rings (SSSR count). The molecule has 2 atom stereocenters. The van der Waals surface area contributed by atoms with E-state index in [-0.39, 0.29) is 31.3 Å². The maximum atomic E-state index is 14.1. The zero-order valence-corrected chi connectivity index (χ0v) is 15.1. The lowest BCUT2D eigenvalue weighted by atomic mass is 9.68. The van der Waals surface area contributed by atoms with Crippen LogP contribution in [-0.2, 0) is 11.4 Å². The summed E-state index contributed by atoms with van der Waals surface area (Å²) in [7, 11) is 0. The van der Waals surface area contributed by atoms with Crippen molar-refractivity contribution in [3.05, 3.63) is 24.0 Å². The molecule has 1 heterocycles. The van der Waals surface area contributed by atoms with Crippen LogP contribution in [0.1, 0.15) is 63.5 Å². The fourth-order valence-electron chi connectivity index (χ4n) is 4.57. The Labute approximate surface area is 153 Å². The van der Waals surface area contributed by atoms with E-state index in [4.69, 9.17) is 5.11 Å². The summed E-state index contributed by atoms with van der Waals surface area (Å²) in [5, 5.41) is 11.8. The van der Waals surface area contributed by atoms with Crippen molar-refractivity contribution in [1.82, 2.24) is 4.98 Å². The monoisotopic (exact) mass is 366 g/mol. The van der Waals surface area contributed by atoms with Gasteiger partial charge in [-0.05, 0) is 30.4 Å². The highest BCUT2D eigenvalue weighted by Crippen LogP contribution is 2.46. The third-order valence-corrected chi connectivity index (χ3v) is 5.98. The second kappa shape index (κ2) is 8.42. The number of pyridine rings is 1. The molecule has 144 valence electrons. The first-order valence-corrected chi connectivity index (χ1v) is 9.73. The normalized spacial score (nSPS) is 26.9. The van der Waals surface area contributed by atoms with Gasteiger partial charge in [0, 0.05) is 18.8 Å². The van der Waals surface area contributed by atoms with Crippen LogP contribution in [0.2, 0.25) is 0 Å². The minimum Gasteiger partial charge on any atom is -0.390 e. The van der Waals surface area contributed by atoms with E-state index in [1.54, 1.807) is 12.1 Å². The smallest absolute Gasteiger partial charge is 0.248 e. The molecule has 2 N–H and O–H groups in total. The van der Waals surface area contributed by atoms with Crippen LogP contribution in [-0.4, -0.2) is 21.9 Å².